The average Bonchev–Trinajstić information content (AvgIpc) is 2.43. The molecule has 110 valence electrons. The van der Waals surface area contributed by atoms with E-state index in [-0.39, 0.29) is 5.91 Å². The Labute approximate surface area is 126 Å². The van der Waals surface area contributed by atoms with Gasteiger partial charge in [0, 0.05) is 6.20 Å². The van der Waals surface area contributed by atoms with Crippen LogP contribution in [0.1, 0.15) is 23.7 Å². The van der Waals surface area contributed by atoms with Gasteiger partial charge in [0.25, 0.3) is 5.91 Å². The lowest BCUT2D eigenvalue weighted by Gasteiger charge is -2.15. The third-order valence-corrected chi connectivity index (χ3v) is 4.04. The molecule has 0 radical (unpaired) electrons. The van der Waals surface area contributed by atoms with Crippen LogP contribution in [0.3, 0.4) is 0 Å². The molecule has 0 aromatic carbocycles. The molecule has 0 aliphatic heterocycles. The zero-order chi connectivity index (χ0) is 15.0. The van der Waals surface area contributed by atoms with Crippen molar-refractivity contribution in [2.24, 2.45) is 0 Å². The second kappa shape index (κ2) is 8.86. The van der Waals surface area contributed by atoms with Gasteiger partial charge in [-0.2, -0.15) is 11.8 Å². The van der Waals surface area contributed by atoms with E-state index in [0.717, 1.165) is 5.75 Å². The van der Waals surface area contributed by atoms with Crippen molar-refractivity contribution in [1.29, 1.82) is 0 Å². The first-order valence-corrected chi connectivity index (χ1v) is 8.58. The zero-order valence-electron chi connectivity index (χ0n) is 11.5. The molecule has 1 heterocycles. The fourth-order valence-corrected chi connectivity index (χ4v) is 2.74. The highest BCUT2D eigenvalue weighted by Crippen LogP contribution is 2.19. The second-order valence-electron chi connectivity index (χ2n) is 3.93. The summed E-state index contributed by atoms with van der Waals surface area (Å²) in [6, 6.07) is 2.47. The minimum absolute atomic E-state index is 0.387. The Bertz CT molecular complexity index is 469. The molecule has 0 unspecified atom stereocenters. The molecule has 0 aliphatic rings. The highest BCUT2D eigenvalue weighted by Gasteiger charge is 2.21. The lowest BCUT2D eigenvalue weighted by Crippen LogP contribution is -2.41. The predicted molar refractivity (Wildman–Crippen MR) is 82.5 cm³/mol. The topological polar surface area (TPSA) is 79.3 Å². The standard InChI is InChI=1S/C13H18N2O3S2/c1-3-20-12-9(5-4-7-14-12)11(16)15-10(13(17)18)6-8-19-2/h4-5,7,10H,3,6,8H2,1-2H3,(H,15,16)(H,17,18)/t10-/m1/s1. The molecule has 1 aromatic rings. The number of carbonyl (C=O) groups is 2. The summed E-state index contributed by atoms with van der Waals surface area (Å²) in [5.74, 6) is 0.0796. The van der Waals surface area contributed by atoms with E-state index in [2.05, 4.69) is 10.3 Å². The Hall–Kier alpha value is -1.21. The summed E-state index contributed by atoms with van der Waals surface area (Å²) in [6.45, 7) is 1.97. The van der Waals surface area contributed by atoms with Crippen molar-refractivity contribution in [3.63, 3.8) is 0 Å². The van der Waals surface area contributed by atoms with Gasteiger partial charge >= 0.3 is 5.97 Å². The first-order valence-electron chi connectivity index (χ1n) is 6.20. The van der Waals surface area contributed by atoms with E-state index in [1.807, 2.05) is 13.2 Å². The van der Waals surface area contributed by atoms with Gasteiger partial charge in [-0.05, 0) is 36.3 Å². The SMILES string of the molecule is CCSc1ncccc1C(=O)N[C@H](CCSC)C(=O)O. The van der Waals surface area contributed by atoms with Crippen LogP contribution in [-0.4, -0.2) is 45.8 Å². The van der Waals surface area contributed by atoms with Gasteiger partial charge < -0.3 is 10.4 Å². The second-order valence-corrected chi connectivity index (χ2v) is 6.17. The van der Waals surface area contributed by atoms with Gasteiger partial charge in [-0.25, -0.2) is 9.78 Å². The molecule has 0 aliphatic carbocycles. The first kappa shape index (κ1) is 16.8. The number of thioether (sulfide) groups is 2. The number of hydrogen-bond donors (Lipinski definition) is 2. The number of amides is 1. The van der Waals surface area contributed by atoms with Crippen LogP contribution >= 0.6 is 23.5 Å². The molecule has 0 spiro atoms. The molecule has 0 fully saturated rings. The normalized spacial score (nSPS) is 11.9. The van der Waals surface area contributed by atoms with Crippen molar-refractivity contribution in [3.05, 3.63) is 23.9 Å². The summed E-state index contributed by atoms with van der Waals surface area (Å²) in [5, 5.41) is 12.3. The molecule has 1 atom stereocenters. The van der Waals surface area contributed by atoms with Crippen molar-refractivity contribution in [1.82, 2.24) is 10.3 Å². The quantitative estimate of drug-likeness (QED) is 0.716. The lowest BCUT2D eigenvalue weighted by atomic mass is 10.2. The van der Waals surface area contributed by atoms with E-state index < -0.39 is 12.0 Å². The van der Waals surface area contributed by atoms with Crippen LogP contribution in [0.25, 0.3) is 0 Å². The summed E-state index contributed by atoms with van der Waals surface area (Å²) < 4.78 is 0. The third-order valence-electron chi connectivity index (χ3n) is 2.51. The van der Waals surface area contributed by atoms with E-state index in [9.17, 15) is 9.59 Å². The van der Waals surface area contributed by atoms with Crippen LogP contribution in [-0.2, 0) is 4.79 Å². The zero-order valence-corrected chi connectivity index (χ0v) is 13.1. The predicted octanol–water partition coefficient (Wildman–Crippen LogP) is 2.13. The minimum Gasteiger partial charge on any atom is -0.480 e. The molecule has 5 nitrogen and oxygen atoms in total. The number of aromatic nitrogens is 1. The molecule has 1 rings (SSSR count). The monoisotopic (exact) mass is 314 g/mol. The number of carboxylic acid groups (broad SMARTS) is 1. The van der Waals surface area contributed by atoms with Crippen molar-refractivity contribution in [2.45, 2.75) is 24.4 Å². The molecule has 1 amide bonds. The van der Waals surface area contributed by atoms with E-state index in [1.165, 1.54) is 11.8 Å². The molecule has 0 bridgehead atoms. The molecule has 0 saturated carbocycles. The van der Waals surface area contributed by atoms with Crippen LogP contribution in [0.15, 0.2) is 23.4 Å². The maximum absolute atomic E-state index is 12.2. The van der Waals surface area contributed by atoms with Crippen molar-refractivity contribution in [3.8, 4) is 0 Å². The summed E-state index contributed by atoms with van der Waals surface area (Å²) in [5.41, 5.74) is 0.426. The molecule has 7 heteroatoms. The van der Waals surface area contributed by atoms with Crippen LogP contribution in [0.4, 0.5) is 0 Å². The Balaban J connectivity index is 2.80. The Morgan fingerprint density at radius 2 is 2.25 bits per heavy atom. The summed E-state index contributed by atoms with van der Waals surface area (Å²) in [6.07, 6.45) is 3.92. The van der Waals surface area contributed by atoms with Crippen LogP contribution in [0.5, 0.6) is 0 Å². The number of hydrogen-bond acceptors (Lipinski definition) is 5. The molecular formula is C13H18N2O3S2. The maximum atomic E-state index is 12.2. The number of pyridine rings is 1. The van der Waals surface area contributed by atoms with E-state index in [4.69, 9.17) is 5.11 Å². The summed E-state index contributed by atoms with van der Waals surface area (Å²) >= 11 is 3.01. The fourth-order valence-electron chi connectivity index (χ4n) is 1.54. The summed E-state index contributed by atoms with van der Waals surface area (Å²) in [7, 11) is 0. The third kappa shape index (κ3) is 5.05. The van der Waals surface area contributed by atoms with Crippen molar-refractivity contribution in [2.75, 3.05) is 17.8 Å². The lowest BCUT2D eigenvalue weighted by molar-refractivity contribution is -0.139. The molecule has 1 aromatic heterocycles. The summed E-state index contributed by atoms with van der Waals surface area (Å²) in [4.78, 5) is 27.5. The van der Waals surface area contributed by atoms with Gasteiger partial charge in [0.05, 0.1) is 5.56 Å². The van der Waals surface area contributed by atoms with Crippen LogP contribution in [0, 0.1) is 0 Å². The van der Waals surface area contributed by atoms with Gasteiger partial charge in [-0.15, -0.1) is 11.8 Å². The Morgan fingerprint density at radius 1 is 1.50 bits per heavy atom. The van der Waals surface area contributed by atoms with Crippen molar-refractivity contribution < 1.29 is 14.7 Å². The largest absolute Gasteiger partial charge is 0.480 e. The van der Waals surface area contributed by atoms with E-state index >= 15 is 0 Å². The van der Waals surface area contributed by atoms with Gasteiger partial charge in [0.2, 0.25) is 0 Å². The number of rotatable bonds is 8. The number of nitrogens with one attached hydrogen (secondary N) is 1. The maximum Gasteiger partial charge on any atom is 0.326 e. The van der Waals surface area contributed by atoms with Gasteiger partial charge in [0.1, 0.15) is 11.1 Å². The number of carboxylic acids is 1. The average molecular weight is 314 g/mol. The van der Waals surface area contributed by atoms with Gasteiger partial charge in [-0.3, -0.25) is 4.79 Å². The minimum atomic E-state index is -1.01. The highest BCUT2D eigenvalue weighted by atomic mass is 32.2. The van der Waals surface area contributed by atoms with E-state index in [0.29, 0.717) is 22.8 Å². The molecular weight excluding hydrogens is 296 g/mol. The van der Waals surface area contributed by atoms with Crippen LogP contribution < -0.4 is 5.32 Å². The van der Waals surface area contributed by atoms with Gasteiger partial charge in [-0.1, -0.05) is 6.92 Å². The molecule has 2 N–H and O–H groups in total. The number of aliphatic carboxylic acids is 1. The van der Waals surface area contributed by atoms with E-state index in [1.54, 1.807) is 30.1 Å². The van der Waals surface area contributed by atoms with Gasteiger partial charge in [0.15, 0.2) is 0 Å². The highest BCUT2D eigenvalue weighted by molar-refractivity contribution is 7.99. The molecule has 0 saturated heterocycles. The van der Waals surface area contributed by atoms with Crippen molar-refractivity contribution >= 4 is 35.4 Å². The Kier molecular flexibility index (Phi) is 7.46. The Morgan fingerprint density at radius 3 is 2.85 bits per heavy atom. The van der Waals surface area contributed by atoms with Crippen LogP contribution in [0.2, 0.25) is 0 Å². The number of carbonyl (C=O) groups excluding carboxylic acids is 1. The fraction of sp³-hybridized carbons (Fsp3) is 0.462. The number of nitrogens with zero attached hydrogens (tertiary/aromatic N) is 1. The molecule has 20 heavy (non-hydrogen) atoms. The first-order chi connectivity index (χ1) is 9.60. The smallest absolute Gasteiger partial charge is 0.326 e.